The lowest BCUT2D eigenvalue weighted by molar-refractivity contribution is -0.152. The zero-order chi connectivity index (χ0) is 12.4. The third-order valence-electron chi connectivity index (χ3n) is 3.64. The molecule has 1 unspecified atom stereocenters. The van der Waals surface area contributed by atoms with Crippen LogP contribution >= 0.6 is 0 Å². The smallest absolute Gasteiger partial charge is 0.326 e. The van der Waals surface area contributed by atoms with Crippen LogP contribution in [-0.2, 0) is 9.53 Å². The Kier molecular flexibility index (Phi) is 3.97. The standard InChI is InChI=1S/C12H23NO3/c1-5-11(2,3)16-8-12(13-4,10(14)15)9-6-7-9/h9,13H,5-8H2,1-4H3,(H,14,15). The Morgan fingerprint density at radius 1 is 1.50 bits per heavy atom. The molecule has 0 heterocycles. The molecule has 94 valence electrons. The van der Waals surface area contributed by atoms with E-state index in [4.69, 9.17) is 4.74 Å². The fourth-order valence-electron chi connectivity index (χ4n) is 1.72. The Bertz CT molecular complexity index is 261. The minimum Gasteiger partial charge on any atom is -0.480 e. The van der Waals surface area contributed by atoms with Crippen LogP contribution in [0.25, 0.3) is 0 Å². The molecule has 0 spiro atoms. The molecule has 16 heavy (non-hydrogen) atoms. The number of rotatable bonds is 7. The molecule has 0 aromatic carbocycles. The minimum atomic E-state index is -0.896. The van der Waals surface area contributed by atoms with E-state index >= 15 is 0 Å². The van der Waals surface area contributed by atoms with E-state index in [-0.39, 0.29) is 18.1 Å². The second kappa shape index (κ2) is 4.72. The van der Waals surface area contributed by atoms with Crippen molar-refractivity contribution in [3.63, 3.8) is 0 Å². The summed E-state index contributed by atoms with van der Waals surface area (Å²) in [5, 5.41) is 12.3. The topological polar surface area (TPSA) is 58.6 Å². The van der Waals surface area contributed by atoms with E-state index in [2.05, 4.69) is 5.32 Å². The molecule has 1 fully saturated rings. The van der Waals surface area contributed by atoms with Crippen LogP contribution in [0, 0.1) is 5.92 Å². The van der Waals surface area contributed by atoms with Gasteiger partial charge in [0.15, 0.2) is 0 Å². The van der Waals surface area contributed by atoms with Crippen LogP contribution in [0.1, 0.15) is 40.0 Å². The SMILES string of the molecule is CCC(C)(C)OCC(NC)(C(=O)O)C1CC1. The molecule has 1 aliphatic rings. The number of nitrogens with one attached hydrogen (secondary N) is 1. The third kappa shape index (κ3) is 2.74. The molecule has 4 nitrogen and oxygen atoms in total. The minimum absolute atomic E-state index is 0.211. The van der Waals surface area contributed by atoms with Crippen LogP contribution in [0.2, 0.25) is 0 Å². The highest BCUT2D eigenvalue weighted by atomic mass is 16.5. The van der Waals surface area contributed by atoms with Crippen molar-refractivity contribution >= 4 is 5.97 Å². The Morgan fingerprint density at radius 3 is 2.38 bits per heavy atom. The molecule has 2 N–H and O–H groups in total. The van der Waals surface area contributed by atoms with Gasteiger partial charge in [-0.25, -0.2) is 0 Å². The highest BCUT2D eigenvalue weighted by Crippen LogP contribution is 2.40. The number of hydrogen-bond donors (Lipinski definition) is 2. The summed E-state index contributed by atoms with van der Waals surface area (Å²) in [5.74, 6) is -0.591. The van der Waals surface area contributed by atoms with Crippen molar-refractivity contribution in [1.82, 2.24) is 5.32 Å². The third-order valence-corrected chi connectivity index (χ3v) is 3.64. The number of hydrogen-bond acceptors (Lipinski definition) is 3. The van der Waals surface area contributed by atoms with E-state index in [9.17, 15) is 9.90 Å². The van der Waals surface area contributed by atoms with E-state index in [1.807, 2.05) is 20.8 Å². The maximum absolute atomic E-state index is 11.4. The van der Waals surface area contributed by atoms with Gasteiger partial charge < -0.3 is 15.2 Å². The van der Waals surface area contributed by atoms with Crippen LogP contribution in [0.4, 0.5) is 0 Å². The van der Waals surface area contributed by atoms with Crippen LogP contribution < -0.4 is 5.32 Å². The molecular weight excluding hydrogens is 206 g/mol. The molecule has 0 aromatic heterocycles. The van der Waals surface area contributed by atoms with Crippen molar-refractivity contribution in [2.24, 2.45) is 5.92 Å². The molecule has 1 saturated carbocycles. The van der Waals surface area contributed by atoms with Crippen molar-refractivity contribution in [3.05, 3.63) is 0 Å². The van der Waals surface area contributed by atoms with Gasteiger partial charge in [-0.05, 0) is 46.1 Å². The zero-order valence-corrected chi connectivity index (χ0v) is 10.7. The second-order valence-corrected chi connectivity index (χ2v) is 5.20. The summed E-state index contributed by atoms with van der Waals surface area (Å²) in [6.45, 7) is 6.26. The number of aliphatic carboxylic acids is 1. The summed E-state index contributed by atoms with van der Waals surface area (Å²) in [5.41, 5.74) is -1.15. The van der Waals surface area contributed by atoms with E-state index in [0.29, 0.717) is 0 Å². The lowest BCUT2D eigenvalue weighted by atomic mass is 9.94. The molecule has 1 aliphatic carbocycles. The van der Waals surface area contributed by atoms with Gasteiger partial charge in [0.25, 0.3) is 0 Å². The van der Waals surface area contributed by atoms with E-state index < -0.39 is 11.5 Å². The second-order valence-electron chi connectivity index (χ2n) is 5.20. The zero-order valence-electron chi connectivity index (χ0n) is 10.7. The van der Waals surface area contributed by atoms with Gasteiger partial charge in [0.05, 0.1) is 12.2 Å². The highest BCUT2D eigenvalue weighted by Gasteiger charge is 2.51. The van der Waals surface area contributed by atoms with Crippen LogP contribution in [0.3, 0.4) is 0 Å². The van der Waals surface area contributed by atoms with Crippen molar-refractivity contribution in [3.8, 4) is 0 Å². The van der Waals surface area contributed by atoms with Gasteiger partial charge in [0.2, 0.25) is 0 Å². The van der Waals surface area contributed by atoms with Crippen molar-refractivity contribution in [1.29, 1.82) is 0 Å². The molecule has 0 saturated heterocycles. The first-order valence-electron chi connectivity index (χ1n) is 5.94. The predicted molar refractivity (Wildman–Crippen MR) is 62.5 cm³/mol. The van der Waals surface area contributed by atoms with Gasteiger partial charge in [0.1, 0.15) is 5.54 Å². The molecule has 0 radical (unpaired) electrons. The van der Waals surface area contributed by atoms with Crippen LogP contribution in [0.15, 0.2) is 0 Å². The summed E-state index contributed by atoms with van der Waals surface area (Å²) in [6.07, 6.45) is 2.82. The van der Waals surface area contributed by atoms with Gasteiger partial charge in [-0.1, -0.05) is 6.92 Å². The van der Waals surface area contributed by atoms with Gasteiger partial charge in [-0.2, -0.15) is 0 Å². The average molecular weight is 229 g/mol. The largest absolute Gasteiger partial charge is 0.480 e. The van der Waals surface area contributed by atoms with Gasteiger partial charge >= 0.3 is 5.97 Å². The van der Waals surface area contributed by atoms with E-state index in [1.165, 1.54) is 0 Å². The van der Waals surface area contributed by atoms with Gasteiger partial charge in [-0.15, -0.1) is 0 Å². The Balaban J connectivity index is 2.67. The van der Waals surface area contributed by atoms with Crippen LogP contribution in [0.5, 0.6) is 0 Å². The van der Waals surface area contributed by atoms with Crippen LogP contribution in [-0.4, -0.2) is 35.9 Å². The summed E-state index contributed by atoms with van der Waals surface area (Å²) >= 11 is 0. The molecule has 4 heteroatoms. The Hall–Kier alpha value is -0.610. The van der Waals surface area contributed by atoms with E-state index in [0.717, 1.165) is 19.3 Å². The Morgan fingerprint density at radius 2 is 2.06 bits per heavy atom. The molecule has 0 amide bonds. The first-order chi connectivity index (χ1) is 7.38. The van der Waals surface area contributed by atoms with Gasteiger partial charge in [0, 0.05) is 0 Å². The predicted octanol–water partition coefficient (Wildman–Crippen LogP) is 1.64. The highest BCUT2D eigenvalue weighted by molar-refractivity contribution is 5.80. The lowest BCUT2D eigenvalue weighted by Crippen LogP contribution is -2.57. The monoisotopic (exact) mass is 229 g/mol. The van der Waals surface area contributed by atoms with Gasteiger partial charge in [-0.3, -0.25) is 4.79 Å². The lowest BCUT2D eigenvalue weighted by Gasteiger charge is -2.33. The fourth-order valence-corrected chi connectivity index (χ4v) is 1.72. The van der Waals surface area contributed by atoms with E-state index in [1.54, 1.807) is 7.05 Å². The first-order valence-corrected chi connectivity index (χ1v) is 5.94. The molecule has 0 aromatic rings. The average Bonchev–Trinajstić information content (AvgIpc) is 3.03. The summed E-state index contributed by atoms with van der Waals surface area (Å²) in [7, 11) is 1.70. The molecule has 0 bridgehead atoms. The summed E-state index contributed by atoms with van der Waals surface area (Å²) in [6, 6.07) is 0. The maximum Gasteiger partial charge on any atom is 0.326 e. The molecule has 1 rings (SSSR count). The number of ether oxygens (including phenoxy) is 1. The summed E-state index contributed by atoms with van der Waals surface area (Å²) < 4.78 is 5.75. The number of carboxylic acid groups (broad SMARTS) is 1. The Labute approximate surface area is 97.4 Å². The van der Waals surface area contributed by atoms with Crippen molar-refractivity contribution in [2.45, 2.75) is 51.2 Å². The number of carbonyl (C=O) groups is 1. The quantitative estimate of drug-likeness (QED) is 0.697. The molecule has 0 aliphatic heterocycles. The number of likely N-dealkylation sites (N-methyl/N-ethyl adjacent to an activating group) is 1. The fraction of sp³-hybridized carbons (Fsp3) is 0.917. The maximum atomic E-state index is 11.4. The molecule has 1 atom stereocenters. The normalized spacial score (nSPS) is 20.5. The van der Waals surface area contributed by atoms with Crippen molar-refractivity contribution in [2.75, 3.05) is 13.7 Å². The molecular formula is C12H23NO3. The first kappa shape index (κ1) is 13.5. The number of carboxylic acids is 1. The summed E-state index contributed by atoms with van der Waals surface area (Å²) in [4.78, 5) is 11.4. The van der Waals surface area contributed by atoms with Crippen molar-refractivity contribution < 1.29 is 14.6 Å².